The molecule has 1 aromatic heterocycles. The number of hydrogen-bond acceptors (Lipinski definition) is 4. The van der Waals surface area contributed by atoms with Gasteiger partial charge in [0.1, 0.15) is 11.6 Å². The second-order valence-corrected chi connectivity index (χ2v) is 3.47. The van der Waals surface area contributed by atoms with Gasteiger partial charge in [-0.3, -0.25) is 5.10 Å². The van der Waals surface area contributed by atoms with Crippen molar-refractivity contribution < 1.29 is 4.74 Å². The Hall–Kier alpha value is -2.04. The fourth-order valence-electron chi connectivity index (χ4n) is 1.37. The highest BCUT2D eigenvalue weighted by molar-refractivity contribution is 5.51. The predicted molar refractivity (Wildman–Crippen MR) is 61.2 cm³/mol. The molecule has 0 atom stereocenters. The highest BCUT2D eigenvalue weighted by atomic mass is 16.5. The van der Waals surface area contributed by atoms with E-state index in [0.29, 0.717) is 24.5 Å². The van der Waals surface area contributed by atoms with E-state index < -0.39 is 0 Å². The molecule has 2 rings (SSSR count). The van der Waals surface area contributed by atoms with Crippen LogP contribution in [0.15, 0.2) is 24.3 Å². The van der Waals surface area contributed by atoms with Gasteiger partial charge in [0.05, 0.1) is 12.3 Å². The van der Waals surface area contributed by atoms with Gasteiger partial charge < -0.3 is 10.5 Å². The number of rotatable bonds is 4. The molecule has 0 saturated heterocycles. The molecule has 0 aliphatic carbocycles. The number of nitrogen functional groups attached to an aromatic ring is 1. The Balaban J connectivity index is 1.87. The smallest absolute Gasteiger partial charge is 0.154 e. The monoisotopic (exact) mass is 218 g/mol. The molecule has 3 N–H and O–H groups in total. The predicted octanol–water partition coefficient (Wildman–Crippen LogP) is 1.32. The number of nitrogens with one attached hydrogen (secondary N) is 1. The van der Waals surface area contributed by atoms with Gasteiger partial charge >= 0.3 is 0 Å². The number of H-pyrrole nitrogens is 1. The molecular formula is C11H14N4O. The Labute approximate surface area is 93.7 Å². The summed E-state index contributed by atoms with van der Waals surface area (Å²) < 4.78 is 5.53. The maximum Gasteiger partial charge on any atom is 0.154 e. The van der Waals surface area contributed by atoms with Crippen molar-refractivity contribution >= 4 is 5.69 Å². The quantitative estimate of drug-likeness (QED) is 0.759. The van der Waals surface area contributed by atoms with E-state index >= 15 is 0 Å². The summed E-state index contributed by atoms with van der Waals surface area (Å²) in [5, 5.41) is 6.81. The SMILES string of the molecule is Cc1nc(CCOc2ccccc2N)n[nH]1. The first kappa shape index (κ1) is 10.5. The van der Waals surface area contributed by atoms with Gasteiger partial charge in [-0.2, -0.15) is 5.10 Å². The highest BCUT2D eigenvalue weighted by Gasteiger charge is 2.02. The van der Waals surface area contributed by atoms with E-state index in [1.807, 2.05) is 31.2 Å². The Morgan fingerprint density at radius 1 is 1.38 bits per heavy atom. The van der Waals surface area contributed by atoms with Crippen LogP contribution in [0.4, 0.5) is 5.69 Å². The molecule has 0 radical (unpaired) electrons. The van der Waals surface area contributed by atoms with Crippen LogP contribution in [-0.4, -0.2) is 21.8 Å². The maximum atomic E-state index is 5.74. The molecule has 16 heavy (non-hydrogen) atoms. The Bertz CT molecular complexity index is 467. The van der Waals surface area contributed by atoms with Crippen molar-refractivity contribution in [3.63, 3.8) is 0 Å². The standard InChI is InChI=1S/C11H14N4O/c1-8-13-11(15-14-8)6-7-16-10-5-3-2-4-9(10)12/h2-5H,6-7,12H2,1H3,(H,13,14,15). The molecule has 84 valence electrons. The van der Waals surface area contributed by atoms with Gasteiger partial charge in [-0.05, 0) is 19.1 Å². The summed E-state index contributed by atoms with van der Waals surface area (Å²) in [7, 11) is 0. The maximum absolute atomic E-state index is 5.74. The summed E-state index contributed by atoms with van der Waals surface area (Å²) >= 11 is 0. The molecule has 0 aliphatic rings. The number of nitrogens with two attached hydrogens (primary N) is 1. The van der Waals surface area contributed by atoms with Crippen molar-refractivity contribution in [3.8, 4) is 5.75 Å². The molecule has 2 aromatic rings. The number of ether oxygens (including phenoxy) is 1. The van der Waals surface area contributed by atoms with Gasteiger partial charge in [0.25, 0.3) is 0 Å². The zero-order valence-electron chi connectivity index (χ0n) is 9.10. The van der Waals surface area contributed by atoms with E-state index in [1.165, 1.54) is 0 Å². The van der Waals surface area contributed by atoms with Crippen molar-refractivity contribution in [2.24, 2.45) is 0 Å². The first-order chi connectivity index (χ1) is 7.75. The molecule has 5 heteroatoms. The van der Waals surface area contributed by atoms with Crippen LogP contribution in [0.1, 0.15) is 11.6 Å². The van der Waals surface area contributed by atoms with Crippen LogP contribution in [0, 0.1) is 6.92 Å². The Morgan fingerprint density at radius 3 is 2.88 bits per heavy atom. The van der Waals surface area contributed by atoms with Gasteiger partial charge in [-0.15, -0.1) is 0 Å². The van der Waals surface area contributed by atoms with Crippen molar-refractivity contribution in [1.82, 2.24) is 15.2 Å². The molecule has 0 saturated carbocycles. The zero-order chi connectivity index (χ0) is 11.4. The van der Waals surface area contributed by atoms with Gasteiger partial charge in [0, 0.05) is 6.42 Å². The lowest BCUT2D eigenvalue weighted by Gasteiger charge is -2.06. The lowest BCUT2D eigenvalue weighted by Crippen LogP contribution is -2.04. The van der Waals surface area contributed by atoms with E-state index in [4.69, 9.17) is 10.5 Å². The molecule has 5 nitrogen and oxygen atoms in total. The molecule has 0 spiro atoms. The first-order valence-corrected chi connectivity index (χ1v) is 5.11. The van der Waals surface area contributed by atoms with Gasteiger partial charge in [0.2, 0.25) is 0 Å². The number of aryl methyl sites for hydroxylation is 1. The average Bonchev–Trinajstić information content (AvgIpc) is 2.67. The molecule has 0 fully saturated rings. The minimum atomic E-state index is 0.519. The van der Waals surface area contributed by atoms with Crippen molar-refractivity contribution in [2.75, 3.05) is 12.3 Å². The summed E-state index contributed by atoms with van der Waals surface area (Å²) in [6, 6.07) is 7.42. The number of anilines is 1. The minimum absolute atomic E-state index is 0.519. The summed E-state index contributed by atoms with van der Waals surface area (Å²) in [5.41, 5.74) is 6.39. The van der Waals surface area contributed by atoms with E-state index in [-0.39, 0.29) is 0 Å². The molecule has 0 unspecified atom stereocenters. The fourth-order valence-corrected chi connectivity index (χ4v) is 1.37. The summed E-state index contributed by atoms with van der Waals surface area (Å²) in [6.45, 7) is 2.39. The summed E-state index contributed by atoms with van der Waals surface area (Å²) in [5.74, 6) is 2.27. The topological polar surface area (TPSA) is 76.8 Å². The van der Waals surface area contributed by atoms with Crippen LogP contribution in [0.2, 0.25) is 0 Å². The van der Waals surface area contributed by atoms with Crippen molar-refractivity contribution in [1.29, 1.82) is 0 Å². The number of para-hydroxylation sites is 2. The number of nitrogens with zero attached hydrogens (tertiary/aromatic N) is 2. The molecule has 0 bridgehead atoms. The lowest BCUT2D eigenvalue weighted by atomic mass is 10.3. The zero-order valence-corrected chi connectivity index (χ0v) is 9.10. The van der Waals surface area contributed by atoms with E-state index in [0.717, 1.165) is 11.6 Å². The Morgan fingerprint density at radius 2 is 2.19 bits per heavy atom. The van der Waals surface area contributed by atoms with Crippen molar-refractivity contribution in [3.05, 3.63) is 35.9 Å². The number of aromatic amines is 1. The number of hydrogen-bond donors (Lipinski definition) is 2. The second-order valence-electron chi connectivity index (χ2n) is 3.47. The number of benzene rings is 1. The largest absolute Gasteiger partial charge is 0.491 e. The Kier molecular flexibility index (Phi) is 3.05. The van der Waals surface area contributed by atoms with E-state index in [1.54, 1.807) is 0 Å². The van der Waals surface area contributed by atoms with Crippen LogP contribution in [0.3, 0.4) is 0 Å². The molecule has 0 aliphatic heterocycles. The second kappa shape index (κ2) is 4.65. The molecule has 1 aromatic carbocycles. The first-order valence-electron chi connectivity index (χ1n) is 5.11. The summed E-state index contributed by atoms with van der Waals surface area (Å²) in [4.78, 5) is 4.19. The van der Waals surface area contributed by atoms with E-state index in [2.05, 4.69) is 15.2 Å². The third-order valence-electron chi connectivity index (χ3n) is 2.15. The lowest BCUT2D eigenvalue weighted by molar-refractivity contribution is 0.320. The van der Waals surface area contributed by atoms with Crippen LogP contribution in [-0.2, 0) is 6.42 Å². The molecule has 1 heterocycles. The van der Waals surface area contributed by atoms with Crippen LogP contribution in [0.5, 0.6) is 5.75 Å². The third-order valence-corrected chi connectivity index (χ3v) is 2.15. The molecular weight excluding hydrogens is 204 g/mol. The summed E-state index contributed by atoms with van der Waals surface area (Å²) in [6.07, 6.45) is 0.665. The van der Waals surface area contributed by atoms with Gasteiger partial charge in [-0.25, -0.2) is 4.98 Å². The fraction of sp³-hybridized carbons (Fsp3) is 0.273. The number of aromatic nitrogens is 3. The van der Waals surface area contributed by atoms with Crippen molar-refractivity contribution in [2.45, 2.75) is 13.3 Å². The van der Waals surface area contributed by atoms with Crippen LogP contribution >= 0.6 is 0 Å². The van der Waals surface area contributed by atoms with E-state index in [9.17, 15) is 0 Å². The highest BCUT2D eigenvalue weighted by Crippen LogP contribution is 2.19. The molecule has 0 amide bonds. The van der Waals surface area contributed by atoms with Crippen LogP contribution in [0.25, 0.3) is 0 Å². The normalized spacial score (nSPS) is 10.3. The third kappa shape index (κ3) is 2.50. The van der Waals surface area contributed by atoms with Crippen LogP contribution < -0.4 is 10.5 Å². The minimum Gasteiger partial charge on any atom is -0.491 e. The average molecular weight is 218 g/mol. The van der Waals surface area contributed by atoms with Gasteiger partial charge in [-0.1, -0.05) is 12.1 Å². The van der Waals surface area contributed by atoms with Gasteiger partial charge in [0.15, 0.2) is 5.82 Å².